The Balaban J connectivity index is 2.66. The SMILES string of the molecule is N#CNC(=O)CC1(CC(=O)O)CCCCC1. The molecule has 0 aromatic rings. The zero-order valence-corrected chi connectivity index (χ0v) is 9.16. The van der Waals surface area contributed by atoms with Crippen molar-refractivity contribution in [3.63, 3.8) is 0 Å². The molecule has 5 heteroatoms. The third-order valence-corrected chi connectivity index (χ3v) is 3.17. The van der Waals surface area contributed by atoms with Gasteiger partial charge in [-0.1, -0.05) is 19.3 Å². The van der Waals surface area contributed by atoms with E-state index < -0.39 is 11.4 Å². The highest BCUT2D eigenvalue weighted by molar-refractivity contribution is 5.79. The van der Waals surface area contributed by atoms with Crippen molar-refractivity contribution < 1.29 is 14.7 Å². The molecule has 0 unspecified atom stereocenters. The van der Waals surface area contributed by atoms with E-state index in [2.05, 4.69) is 5.32 Å². The lowest BCUT2D eigenvalue weighted by atomic mass is 9.69. The van der Waals surface area contributed by atoms with E-state index in [0.717, 1.165) is 32.1 Å². The fraction of sp³-hybridized carbons (Fsp3) is 0.727. The molecule has 5 nitrogen and oxygen atoms in total. The molecule has 1 rings (SSSR count). The molecule has 1 amide bonds. The lowest BCUT2D eigenvalue weighted by Gasteiger charge is -2.35. The highest BCUT2D eigenvalue weighted by Crippen LogP contribution is 2.42. The second-order valence-corrected chi connectivity index (χ2v) is 4.47. The van der Waals surface area contributed by atoms with Gasteiger partial charge in [-0.25, -0.2) is 0 Å². The number of nitriles is 1. The van der Waals surface area contributed by atoms with E-state index >= 15 is 0 Å². The minimum absolute atomic E-state index is 0.0197. The Kier molecular flexibility index (Phi) is 4.29. The molecular formula is C11H16N2O3. The Labute approximate surface area is 94.4 Å². The quantitative estimate of drug-likeness (QED) is 0.557. The maximum Gasteiger partial charge on any atom is 0.303 e. The first-order valence-electron chi connectivity index (χ1n) is 5.48. The van der Waals surface area contributed by atoms with Crippen LogP contribution in [0.2, 0.25) is 0 Å². The predicted molar refractivity (Wildman–Crippen MR) is 56.1 cm³/mol. The molecule has 1 saturated carbocycles. The molecule has 1 aliphatic rings. The summed E-state index contributed by atoms with van der Waals surface area (Å²) in [6.45, 7) is 0. The summed E-state index contributed by atoms with van der Waals surface area (Å²) in [7, 11) is 0. The maximum atomic E-state index is 11.4. The van der Waals surface area contributed by atoms with Crippen molar-refractivity contribution in [1.29, 1.82) is 5.26 Å². The van der Waals surface area contributed by atoms with Gasteiger partial charge in [0.05, 0.1) is 6.42 Å². The number of carboxylic acids is 1. The first kappa shape index (κ1) is 12.5. The lowest BCUT2D eigenvalue weighted by Crippen LogP contribution is -2.33. The first-order chi connectivity index (χ1) is 7.58. The number of nitrogens with one attached hydrogen (secondary N) is 1. The Morgan fingerprint density at radius 3 is 2.38 bits per heavy atom. The van der Waals surface area contributed by atoms with Gasteiger partial charge in [-0.2, -0.15) is 5.26 Å². The minimum atomic E-state index is -0.869. The van der Waals surface area contributed by atoms with Crippen LogP contribution in [0.15, 0.2) is 0 Å². The molecule has 0 aromatic carbocycles. The molecule has 0 heterocycles. The minimum Gasteiger partial charge on any atom is -0.481 e. The van der Waals surface area contributed by atoms with Crippen molar-refractivity contribution in [2.24, 2.45) is 5.41 Å². The summed E-state index contributed by atoms with van der Waals surface area (Å²) < 4.78 is 0. The van der Waals surface area contributed by atoms with Gasteiger partial charge in [0.2, 0.25) is 5.91 Å². The predicted octanol–water partition coefficient (Wildman–Crippen LogP) is 1.40. The molecule has 0 bridgehead atoms. The summed E-state index contributed by atoms with van der Waals surface area (Å²) in [5, 5.41) is 19.3. The Morgan fingerprint density at radius 2 is 1.88 bits per heavy atom. The molecule has 16 heavy (non-hydrogen) atoms. The molecule has 0 spiro atoms. The van der Waals surface area contributed by atoms with Gasteiger partial charge in [-0.15, -0.1) is 0 Å². The van der Waals surface area contributed by atoms with Crippen LogP contribution in [-0.4, -0.2) is 17.0 Å². The zero-order valence-electron chi connectivity index (χ0n) is 9.16. The van der Waals surface area contributed by atoms with Crippen LogP contribution in [0.4, 0.5) is 0 Å². The van der Waals surface area contributed by atoms with Crippen LogP contribution in [-0.2, 0) is 9.59 Å². The average Bonchev–Trinajstić information content (AvgIpc) is 2.17. The number of carbonyl (C=O) groups is 2. The van der Waals surface area contributed by atoms with Gasteiger partial charge in [0.15, 0.2) is 6.19 Å². The number of hydrogen-bond acceptors (Lipinski definition) is 3. The van der Waals surface area contributed by atoms with Gasteiger partial charge < -0.3 is 5.11 Å². The fourth-order valence-electron chi connectivity index (χ4n) is 2.49. The van der Waals surface area contributed by atoms with E-state index in [0.29, 0.717) is 0 Å². The number of carboxylic acid groups (broad SMARTS) is 1. The third-order valence-electron chi connectivity index (χ3n) is 3.17. The van der Waals surface area contributed by atoms with E-state index in [1.807, 2.05) is 0 Å². The molecule has 0 atom stereocenters. The first-order valence-corrected chi connectivity index (χ1v) is 5.48. The number of nitrogens with zero attached hydrogens (tertiary/aromatic N) is 1. The topological polar surface area (TPSA) is 90.2 Å². The summed E-state index contributed by atoms with van der Waals surface area (Å²) in [5.74, 6) is -1.24. The van der Waals surface area contributed by atoms with Gasteiger partial charge in [0.25, 0.3) is 0 Å². The number of hydrogen-bond donors (Lipinski definition) is 2. The molecular weight excluding hydrogens is 208 g/mol. The number of carbonyl (C=O) groups excluding carboxylic acids is 1. The van der Waals surface area contributed by atoms with Gasteiger partial charge >= 0.3 is 5.97 Å². The van der Waals surface area contributed by atoms with Crippen molar-refractivity contribution in [3.05, 3.63) is 0 Å². The van der Waals surface area contributed by atoms with Crippen molar-refractivity contribution >= 4 is 11.9 Å². The Hall–Kier alpha value is -1.57. The fourth-order valence-corrected chi connectivity index (χ4v) is 2.49. The Morgan fingerprint density at radius 1 is 1.25 bits per heavy atom. The standard InChI is InChI=1S/C11H16N2O3/c12-8-13-9(14)6-11(7-10(15)16)4-2-1-3-5-11/h1-7H2,(H,13,14)(H,15,16). The molecule has 0 aromatic heterocycles. The van der Waals surface area contributed by atoms with Crippen molar-refractivity contribution in [2.75, 3.05) is 0 Å². The second kappa shape index (κ2) is 5.50. The summed E-state index contributed by atoms with van der Waals surface area (Å²) in [6, 6.07) is 0. The number of rotatable bonds is 4. The normalized spacial score (nSPS) is 18.4. The van der Waals surface area contributed by atoms with Gasteiger partial charge in [0.1, 0.15) is 0 Å². The molecule has 1 aliphatic carbocycles. The number of aliphatic carboxylic acids is 1. The third kappa shape index (κ3) is 3.54. The lowest BCUT2D eigenvalue weighted by molar-refractivity contribution is -0.141. The van der Waals surface area contributed by atoms with E-state index in [9.17, 15) is 9.59 Å². The summed E-state index contributed by atoms with van der Waals surface area (Å²) in [4.78, 5) is 22.2. The molecule has 88 valence electrons. The molecule has 2 N–H and O–H groups in total. The van der Waals surface area contributed by atoms with Crippen LogP contribution < -0.4 is 5.32 Å². The highest BCUT2D eigenvalue weighted by atomic mass is 16.4. The Bertz CT molecular complexity index is 314. The second-order valence-electron chi connectivity index (χ2n) is 4.47. The van der Waals surface area contributed by atoms with Crippen LogP contribution in [0, 0.1) is 16.9 Å². The maximum absolute atomic E-state index is 11.4. The van der Waals surface area contributed by atoms with E-state index in [-0.39, 0.29) is 18.7 Å². The van der Waals surface area contributed by atoms with Gasteiger partial charge in [-0.3, -0.25) is 14.9 Å². The smallest absolute Gasteiger partial charge is 0.303 e. The average molecular weight is 224 g/mol. The van der Waals surface area contributed by atoms with Gasteiger partial charge in [-0.05, 0) is 18.3 Å². The van der Waals surface area contributed by atoms with Crippen LogP contribution >= 0.6 is 0 Å². The van der Waals surface area contributed by atoms with E-state index in [1.165, 1.54) is 0 Å². The highest BCUT2D eigenvalue weighted by Gasteiger charge is 2.36. The van der Waals surface area contributed by atoms with E-state index in [1.54, 1.807) is 6.19 Å². The molecule has 0 radical (unpaired) electrons. The summed E-state index contributed by atoms with van der Waals surface area (Å²) >= 11 is 0. The van der Waals surface area contributed by atoms with Crippen molar-refractivity contribution in [3.8, 4) is 6.19 Å². The number of amides is 1. The molecule has 1 fully saturated rings. The van der Waals surface area contributed by atoms with Crippen LogP contribution in [0.3, 0.4) is 0 Å². The largest absolute Gasteiger partial charge is 0.481 e. The molecule has 0 saturated heterocycles. The summed E-state index contributed by atoms with van der Waals surface area (Å²) in [6.07, 6.45) is 6.30. The van der Waals surface area contributed by atoms with E-state index in [4.69, 9.17) is 10.4 Å². The van der Waals surface area contributed by atoms with Gasteiger partial charge in [0, 0.05) is 6.42 Å². The van der Waals surface area contributed by atoms with Crippen LogP contribution in [0.1, 0.15) is 44.9 Å². The van der Waals surface area contributed by atoms with Crippen molar-refractivity contribution in [2.45, 2.75) is 44.9 Å². The van der Waals surface area contributed by atoms with Crippen LogP contribution in [0.25, 0.3) is 0 Å². The summed E-state index contributed by atoms with van der Waals surface area (Å²) in [5.41, 5.74) is -0.439. The van der Waals surface area contributed by atoms with Crippen molar-refractivity contribution in [1.82, 2.24) is 5.32 Å². The van der Waals surface area contributed by atoms with Crippen LogP contribution in [0.5, 0.6) is 0 Å². The zero-order chi connectivity index (χ0) is 12.0. The molecule has 0 aliphatic heterocycles. The monoisotopic (exact) mass is 224 g/mol.